The maximum Gasteiger partial charge on any atom is 0.261 e. The molecule has 2 amide bonds. The number of fused-ring (bicyclic) bond motifs is 1. The minimum atomic E-state index is -0.489. The summed E-state index contributed by atoms with van der Waals surface area (Å²) in [5.41, 5.74) is 0.908. The van der Waals surface area contributed by atoms with E-state index in [1.54, 1.807) is 24.3 Å². The van der Waals surface area contributed by atoms with Crippen LogP contribution in [0.1, 0.15) is 20.7 Å². The highest BCUT2D eigenvalue weighted by Gasteiger charge is 2.37. The normalized spacial score (nSPS) is 20.1. The van der Waals surface area contributed by atoms with E-state index in [0.29, 0.717) is 24.3 Å². The van der Waals surface area contributed by atoms with Gasteiger partial charge in [-0.15, -0.1) is 0 Å². The van der Waals surface area contributed by atoms with E-state index in [2.05, 4.69) is 0 Å². The van der Waals surface area contributed by atoms with Gasteiger partial charge in [-0.1, -0.05) is 12.1 Å². The van der Waals surface area contributed by atoms with Crippen molar-refractivity contribution in [3.63, 3.8) is 0 Å². The minimum Gasteiger partial charge on any atom is -0.348 e. The molecule has 0 bridgehead atoms. The summed E-state index contributed by atoms with van der Waals surface area (Å²) in [6.07, 6.45) is -0.489. The monoisotopic (exact) mass is 233 g/mol. The predicted octanol–water partition coefficient (Wildman–Crippen LogP) is 0.655. The Labute approximate surface area is 97.9 Å². The van der Waals surface area contributed by atoms with Gasteiger partial charge in [0, 0.05) is 0 Å². The number of carbonyl (C=O) groups is 2. The van der Waals surface area contributed by atoms with Crippen molar-refractivity contribution in [2.45, 2.75) is 6.29 Å². The molecule has 2 aliphatic heterocycles. The first-order chi connectivity index (χ1) is 8.27. The quantitative estimate of drug-likeness (QED) is 0.704. The smallest absolute Gasteiger partial charge is 0.261 e. The molecule has 0 spiro atoms. The van der Waals surface area contributed by atoms with Crippen LogP contribution >= 0.6 is 0 Å². The van der Waals surface area contributed by atoms with Crippen LogP contribution < -0.4 is 0 Å². The van der Waals surface area contributed by atoms with E-state index in [0.717, 1.165) is 0 Å². The fraction of sp³-hybridized carbons (Fsp3) is 0.333. The van der Waals surface area contributed by atoms with Crippen LogP contribution in [-0.2, 0) is 9.47 Å². The Balaban J connectivity index is 1.84. The van der Waals surface area contributed by atoms with Crippen molar-refractivity contribution >= 4 is 11.8 Å². The number of nitrogens with zero attached hydrogens (tertiary/aromatic N) is 1. The molecular weight excluding hydrogens is 222 g/mol. The molecule has 0 aliphatic carbocycles. The summed E-state index contributed by atoms with van der Waals surface area (Å²) in [5, 5.41) is 0. The molecule has 0 radical (unpaired) electrons. The lowest BCUT2D eigenvalue weighted by molar-refractivity contribution is -0.0531. The third-order valence-electron chi connectivity index (χ3n) is 2.90. The lowest BCUT2D eigenvalue weighted by atomic mass is 10.1. The maximum absolute atomic E-state index is 12.0. The van der Waals surface area contributed by atoms with Gasteiger partial charge in [0.25, 0.3) is 11.8 Å². The lowest BCUT2D eigenvalue weighted by Gasteiger charge is -2.17. The van der Waals surface area contributed by atoms with E-state index in [1.165, 1.54) is 4.90 Å². The van der Waals surface area contributed by atoms with E-state index in [1.807, 2.05) is 0 Å². The molecule has 17 heavy (non-hydrogen) atoms. The van der Waals surface area contributed by atoms with Crippen molar-refractivity contribution in [2.24, 2.45) is 0 Å². The van der Waals surface area contributed by atoms with Crippen molar-refractivity contribution in [3.05, 3.63) is 35.4 Å². The molecule has 0 saturated carbocycles. The molecule has 88 valence electrons. The Morgan fingerprint density at radius 3 is 2.12 bits per heavy atom. The molecule has 0 unspecified atom stereocenters. The number of benzene rings is 1. The van der Waals surface area contributed by atoms with Crippen LogP contribution in [0.25, 0.3) is 0 Å². The fourth-order valence-electron chi connectivity index (χ4n) is 2.07. The first-order valence-corrected chi connectivity index (χ1v) is 5.46. The van der Waals surface area contributed by atoms with Crippen LogP contribution in [0.3, 0.4) is 0 Å². The van der Waals surface area contributed by atoms with Crippen molar-refractivity contribution in [1.29, 1.82) is 0 Å². The second-order valence-electron chi connectivity index (χ2n) is 3.94. The minimum absolute atomic E-state index is 0.159. The van der Waals surface area contributed by atoms with Gasteiger partial charge in [-0.2, -0.15) is 0 Å². The van der Waals surface area contributed by atoms with Crippen LogP contribution in [0.2, 0.25) is 0 Å². The van der Waals surface area contributed by atoms with Gasteiger partial charge in [-0.3, -0.25) is 14.5 Å². The second kappa shape index (κ2) is 3.94. The number of rotatable bonds is 2. The van der Waals surface area contributed by atoms with E-state index >= 15 is 0 Å². The molecule has 5 nitrogen and oxygen atoms in total. The molecule has 1 aromatic carbocycles. The SMILES string of the molecule is O=C1c2ccccc2C(=O)N1CC1OCCO1. The Morgan fingerprint density at radius 1 is 1.06 bits per heavy atom. The van der Waals surface area contributed by atoms with Gasteiger partial charge in [-0.05, 0) is 12.1 Å². The Bertz CT molecular complexity index is 444. The van der Waals surface area contributed by atoms with E-state index in [-0.39, 0.29) is 18.4 Å². The molecule has 3 rings (SSSR count). The lowest BCUT2D eigenvalue weighted by Crippen LogP contribution is -2.37. The Morgan fingerprint density at radius 2 is 1.59 bits per heavy atom. The number of imide groups is 1. The third-order valence-corrected chi connectivity index (χ3v) is 2.90. The second-order valence-corrected chi connectivity index (χ2v) is 3.94. The molecule has 0 atom stereocenters. The summed E-state index contributed by atoms with van der Waals surface area (Å²) in [5.74, 6) is -0.547. The van der Waals surface area contributed by atoms with Gasteiger partial charge in [0.2, 0.25) is 0 Å². The number of amides is 2. The zero-order chi connectivity index (χ0) is 11.8. The number of carbonyl (C=O) groups excluding carboxylic acids is 2. The van der Waals surface area contributed by atoms with Gasteiger partial charge < -0.3 is 9.47 Å². The molecule has 2 aliphatic rings. The first kappa shape index (κ1) is 10.4. The average molecular weight is 233 g/mol. The molecule has 2 heterocycles. The molecule has 0 aromatic heterocycles. The number of hydrogen-bond donors (Lipinski definition) is 0. The Hall–Kier alpha value is -1.72. The molecule has 1 fully saturated rings. The van der Waals surface area contributed by atoms with Crippen molar-refractivity contribution in [2.75, 3.05) is 19.8 Å². The fourth-order valence-corrected chi connectivity index (χ4v) is 2.07. The van der Waals surface area contributed by atoms with Crippen LogP contribution in [0, 0.1) is 0 Å². The highest BCUT2D eigenvalue weighted by molar-refractivity contribution is 6.21. The molecule has 5 heteroatoms. The van der Waals surface area contributed by atoms with Crippen LogP contribution in [0.4, 0.5) is 0 Å². The first-order valence-electron chi connectivity index (χ1n) is 5.46. The summed E-state index contributed by atoms with van der Waals surface area (Å²) in [7, 11) is 0. The zero-order valence-corrected chi connectivity index (χ0v) is 9.09. The van der Waals surface area contributed by atoms with Gasteiger partial charge in [0.15, 0.2) is 6.29 Å². The summed E-state index contributed by atoms with van der Waals surface area (Å²) >= 11 is 0. The van der Waals surface area contributed by atoms with Gasteiger partial charge in [0.1, 0.15) is 0 Å². The van der Waals surface area contributed by atoms with Crippen LogP contribution in [0.15, 0.2) is 24.3 Å². The third kappa shape index (κ3) is 1.64. The highest BCUT2D eigenvalue weighted by atomic mass is 16.7. The van der Waals surface area contributed by atoms with Crippen LogP contribution in [-0.4, -0.2) is 42.8 Å². The van der Waals surface area contributed by atoms with Crippen molar-refractivity contribution in [1.82, 2.24) is 4.90 Å². The number of ether oxygens (including phenoxy) is 2. The topological polar surface area (TPSA) is 55.8 Å². The summed E-state index contributed by atoms with van der Waals surface area (Å²) in [4.78, 5) is 25.2. The molecule has 0 N–H and O–H groups in total. The van der Waals surface area contributed by atoms with Gasteiger partial charge in [0.05, 0.1) is 30.9 Å². The summed E-state index contributed by atoms with van der Waals surface area (Å²) in [6.45, 7) is 1.17. The van der Waals surface area contributed by atoms with E-state index in [4.69, 9.17) is 9.47 Å². The number of hydrogen-bond acceptors (Lipinski definition) is 4. The van der Waals surface area contributed by atoms with Crippen molar-refractivity contribution in [3.8, 4) is 0 Å². The zero-order valence-electron chi connectivity index (χ0n) is 9.09. The summed E-state index contributed by atoms with van der Waals surface area (Å²) in [6, 6.07) is 6.81. The van der Waals surface area contributed by atoms with Crippen LogP contribution in [0.5, 0.6) is 0 Å². The average Bonchev–Trinajstić information content (AvgIpc) is 2.94. The van der Waals surface area contributed by atoms with Crippen molar-refractivity contribution < 1.29 is 19.1 Å². The molecular formula is C12H11NO4. The standard InChI is InChI=1S/C12H11NO4/c14-11-8-3-1-2-4-9(8)12(15)13(11)7-10-16-5-6-17-10/h1-4,10H,5-7H2. The Kier molecular flexibility index (Phi) is 2.42. The van der Waals surface area contributed by atoms with Gasteiger partial charge >= 0.3 is 0 Å². The molecule has 1 aromatic rings. The largest absolute Gasteiger partial charge is 0.348 e. The van der Waals surface area contributed by atoms with E-state index in [9.17, 15) is 9.59 Å². The summed E-state index contributed by atoms with van der Waals surface area (Å²) < 4.78 is 10.5. The molecule has 1 saturated heterocycles. The highest BCUT2D eigenvalue weighted by Crippen LogP contribution is 2.23. The van der Waals surface area contributed by atoms with Gasteiger partial charge in [-0.25, -0.2) is 0 Å². The predicted molar refractivity (Wildman–Crippen MR) is 57.5 cm³/mol. The maximum atomic E-state index is 12.0. The van der Waals surface area contributed by atoms with E-state index < -0.39 is 6.29 Å².